The molecule has 9 heteroatoms. The predicted molar refractivity (Wildman–Crippen MR) is 102 cm³/mol. The molecule has 2 aromatic rings. The minimum atomic E-state index is -0.112. The van der Waals surface area contributed by atoms with E-state index in [9.17, 15) is 4.79 Å². The van der Waals surface area contributed by atoms with Crippen LogP contribution in [-0.4, -0.2) is 43.2 Å². The van der Waals surface area contributed by atoms with Crippen molar-refractivity contribution >= 4 is 42.1 Å². The molecule has 1 unspecified atom stereocenters. The van der Waals surface area contributed by atoms with Gasteiger partial charge in [-0.05, 0) is 31.2 Å². The van der Waals surface area contributed by atoms with Gasteiger partial charge in [0.25, 0.3) is 5.91 Å². The molecule has 0 bridgehead atoms. The zero-order chi connectivity index (χ0) is 15.6. The van der Waals surface area contributed by atoms with Gasteiger partial charge in [0, 0.05) is 23.5 Å². The third-order valence-electron chi connectivity index (χ3n) is 3.92. The summed E-state index contributed by atoms with van der Waals surface area (Å²) >= 11 is 1.46. The Morgan fingerprint density at radius 2 is 2.04 bits per heavy atom. The number of amides is 1. The maximum Gasteiger partial charge on any atom is 0.271 e. The summed E-state index contributed by atoms with van der Waals surface area (Å²) in [6, 6.07) is 5.93. The molecular formula is C16H19Cl2N3O3S. The van der Waals surface area contributed by atoms with Crippen LogP contribution in [0.4, 0.5) is 0 Å². The van der Waals surface area contributed by atoms with Crippen molar-refractivity contribution in [3.05, 3.63) is 29.3 Å². The number of carbonyl (C=O) groups is 1. The lowest BCUT2D eigenvalue weighted by molar-refractivity contribution is 0.0936. The molecule has 2 aliphatic rings. The molecule has 0 saturated carbocycles. The zero-order valence-electron chi connectivity index (χ0n) is 13.3. The standard InChI is InChI=1S/C16H17N3O3S.2ClH/c20-15(18-11-3-4-17-8-11)12-9-23-16(19-12)10-1-2-13-14(7-10)22-6-5-21-13;;/h1-2,7,9,11,17H,3-6,8H2,(H,18,20);2*1H. The molecule has 1 aromatic carbocycles. The number of halogens is 2. The van der Waals surface area contributed by atoms with E-state index in [1.807, 2.05) is 18.2 Å². The molecule has 4 rings (SSSR count). The lowest BCUT2D eigenvalue weighted by atomic mass is 10.2. The highest BCUT2D eigenvalue weighted by molar-refractivity contribution is 7.13. The van der Waals surface area contributed by atoms with Crippen molar-refractivity contribution in [2.45, 2.75) is 12.5 Å². The normalized spacial score (nSPS) is 18.0. The summed E-state index contributed by atoms with van der Waals surface area (Å²) in [6.45, 7) is 2.90. The van der Waals surface area contributed by atoms with Gasteiger partial charge in [-0.2, -0.15) is 0 Å². The molecule has 1 atom stereocenters. The topological polar surface area (TPSA) is 72.5 Å². The smallest absolute Gasteiger partial charge is 0.271 e. The second kappa shape index (κ2) is 8.71. The van der Waals surface area contributed by atoms with Gasteiger partial charge in [-0.15, -0.1) is 36.2 Å². The van der Waals surface area contributed by atoms with Crippen molar-refractivity contribution in [3.63, 3.8) is 0 Å². The van der Waals surface area contributed by atoms with Crippen LogP contribution in [0.5, 0.6) is 11.5 Å². The number of hydrogen-bond acceptors (Lipinski definition) is 6. The SMILES string of the molecule is Cl.Cl.O=C(NC1CCNC1)c1csc(-c2ccc3c(c2)OCCO3)n1. The fourth-order valence-electron chi connectivity index (χ4n) is 2.72. The highest BCUT2D eigenvalue weighted by Gasteiger charge is 2.20. The van der Waals surface area contributed by atoms with E-state index in [0.29, 0.717) is 18.9 Å². The molecule has 1 saturated heterocycles. The van der Waals surface area contributed by atoms with E-state index < -0.39 is 0 Å². The van der Waals surface area contributed by atoms with Crippen LogP contribution in [0, 0.1) is 0 Å². The first kappa shape index (κ1) is 19.8. The Balaban J connectivity index is 0.00000113. The molecule has 6 nitrogen and oxygen atoms in total. The van der Waals surface area contributed by atoms with Gasteiger partial charge in [-0.25, -0.2) is 4.98 Å². The molecule has 2 aliphatic heterocycles. The molecule has 1 amide bonds. The van der Waals surface area contributed by atoms with Crippen molar-refractivity contribution in [1.29, 1.82) is 0 Å². The summed E-state index contributed by atoms with van der Waals surface area (Å²) in [5, 5.41) is 8.84. The van der Waals surface area contributed by atoms with Crippen LogP contribution in [0.3, 0.4) is 0 Å². The van der Waals surface area contributed by atoms with Gasteiger partial charge < -0.3 is 20.1 Å². The fourth-order valence-corrected chi connectivity index (χ4v) is 3.52. The third kappa shape index (κ3) is 4.36. The van der Waals surface area contributed by atoms with Crippen molar-refractivity contribution in [3.8, 4) is 22.1 Å². The Morgan fingerprint density at radius 1 is 1.24 bits per heavy atom. The largest absolute Gasteiger partial charge is 0.486 e. The number of nitrogens with one attached hydrogen (secondary N) is 2. The second-order valence-corrected chi connectivity index (χ2v) is 6.42. The number of thiazole rings is 1. The van der Waals surface area contributed by atoms with Crippen molar-refractivity contribution in [2.24, 2.45) is 0 Å². The van der Waals surface area contributed by atoms with Crippen LogP contribution < -0.4 is 20.1 Å². The van der Waals surface area contributed by atoms with Crippen molar-refractivity contribution < 1.29 is 14.3 Å². The molecule has 3 heterocycles. The first-order valence-corrected chi connectivity index (χ1v) is 8.55. The highest BCUT2D eigenvalue weighted by Crippen LogP contribution is 2.35. The molecule has 0 aliphatic carbocycles. The lowest BCUT2D eigenvalue weighted by Crippen LogP contribution is -2.36. The van der Waals surface area contributed by atoms with Crippen LogP contribution in [0.25, 0.3) is 10.6 Å². The molecule has 1 aromatic heterocycles. The van der Waals surface area contributed by atoms with E-state index in [2.05, 4.69) is 15.6 Å². The number of nitrogens with zero attached hydrogens (tertiary/aromatic N) is 1. The maximum atomic E-state index is 12.2. The summed E-state index contributed by atoms with van der Waals surface area (Å²) < 4.78 is 11.1. The van der Waals surface area contributed by atoms with Crippen LogP contribution in [0.15, 0.2) is 23.6 Å². The molecule has 2 N–H and O–H groups in total. The number of fused-ring (bicyclic) bond motifs is 1. The van der Waals surface area contributed by atoms with E-state index >= 15 is 0 Å². The molecule has 0 spiro atoms. The van der Waals surface area contributed by atoms with Crippen LogP contribution in [-0.2, 0) is 0 Å². The van der Waals surface area contributed by atoms with Gasteiger partial charge in [0.15, 0.2) is 11.5 Å². The van der Waals surface area contributed by atoms with E-state index in [0.717, 1.165) is 41.6 Å². The van der Waals surface area contributed by atoms with Crippen LogP contribution in [0.1, 0.15) is 16.9 Å². The number of hydrogen-bond donors (Lipinski definition) is 2. The molecular weight excluding hydrogens is 385 g/mol. The van der Waals surface area contributed by atoms with Crippen molar-refractivity contribution in [1.82, 2.24) is 15.6 Å². The monoisotopic (exact) mass is 403 g/mol. The van der Waals surface area contributed by atoms with Gasteiger partial charge in [0.1, 0.15) is 23.9 Å². The van der Waals surface area contributed by atoms with Gasteiger partial charge in [0.2, 0.25) is 0 Å². The van der Waals surface area contributed by atoms with Crippen LogP contribution >= 0.6 is 36.2 Å². The second-order valence-electron chi connectivity index (χ2n) is 5.56. The Labute approximate surface area is 162 Å². The van der Waals surface area contributed by atoms with Crippen LogP contribution in [0.2, 0.25) is 0 Å². The van der Waals surface area contributed by atoms with Gasteiger partial charge in [0.05, 0.1) is 0 Å². The predicted octanol–water partition coefficient (Wildman–Crippen LogP) is 2.52. The Bertz CT molecular complexity index is 735. The first-order chi connectivity index (χ1) is 11.3. The number of rotatable bonds is 3. The number of aromatic nitrogens is 1. The summed E-state index contributed by atoms with van der Waals surface area (Å²) in [5.74, 6) is 1.37. The average Bonchev–Trinajstić information content (AvgIpc) is 3.26. The van der Waals surface area contributed by atoms with E-state index in [-0.39, 0.29) is 36.8 Å². The highest BCUT2D eigenvalue weighted by atomic mass is 35.5. The minimum Gasteiger partial charge on any atom is -0.486 e. The Kier molecular flexibility index (Phi) is 6.89. The van der Waals surface area contributed by atoms with Crippen molar-refractivity contribution in [2.75, 3.05) is 26.3 Å². The summed E-state index contributed by atoms with van der Waals surface area (Å²) in [7, 11) is 0. The van der Waals surface area contributed by atoms with E-state index in [1.165, 1.54) is 11.3 Å². The number of ether oxygens (including phenoxy) is 2. The van der Waals surface area contributed by atoms with Gasteiger partial charge >= 0.3 is 0 Å². The summed E-state index contributed by atoms with van der Waals surface area (Å²) in [6.07, 6.45) is 0.963. The first-order valence-electron chi connectivity index (χ1n) is 7.67. The zero-order valence-corrected chi connectivity index (χ0v) is 15.8. The fraction of sp³-hybridized carbons (Fsp3) is 0.375. The van der Waals surface area contributed by atoms with Gasteiger partial charge in [-0.3, -0.25) is 4.79 Å². The molecule has 0 radical (unpaired) electrons. The quantitative estimate of drug-likeness (QED) is 0.823. The Hall–Kier alpha value is -1.54. The summed E-state index contributed by atoms with van der Waals surface area (Å²) in [5.41, 5.74) is 1.40. The number of carbonyl (C=O) groups excluding carboxylic acids is 1. The third-order valence-corrected chi connectivity index (χ3v) is 4.81. The lowest BCUT2D eigenvalue weighted by Gasteiger charge is -2.18. The molecule has 136 valence electrons. The molecule has 1 fully saturated rings. The van der Waals surface area contributed by atoms with E-state index in [4.69, 9.17) is 9.47 Å². The van der Waals surface area contributed by atoms with E-state index in [1.54, 1.807) is 5.38 Å². The summed E-state index contributed by atoms with van der Waals surface area (Å²) in [4.78, 5) is 16.7. The Morgan fingerprint density at radius 3 is 2.80 bits per heavy atom. The average molecular weight is 404 g/mol. The van der Waals surface area contributed by atoms with Gasteiger partial charge in [-0.1, -0.05) is 0 Å². The number of benzene rings is 1. The maximum absolute atomic E-state index is 12.2. The minimum absolute atomic E-state index is 0. The molecule has 25 heavy (non-hydrogen) atoms.